The molecule has 0 aromatic heterocycles. The largest absolute Gasteiger partial charge is 0.312 e. The van der Waals surface area contributed by atoms with E-state index in [0.29, 0.717) is 6.04 Å². The van der Waals surface area contributed by atoms with E-state index in [-0.39, 0.29) is 10.7 Å². The Morgan fingerprint density at radius 3 is 2.62 bits per heavy atom. The van der Waals surface area contributed by atoms with Crippen molar-refractivity contribution in [1.29, 1.82) is 0 Å². The molecule has 2 nitrogen and oxygen atoms in total. The lowest BCUT2D eigenvalue weighted by molar-refractivity contribution is 0.173. The molecule has 0 radical (unpaired) electrons. The van der Waals surface area contributed by atoms with Crippen LogP contribution in [0.4, 0.5) is 0 Å². The molecule has 0 amide bonds. The molecular weight excluding hydrogens is 346 g/mol. The van der Waals surface area contributed by atoms with Crippen molar-refractivity contribution in [2.75, 3.05) is 6.54 Å². The van der Waals surface area contributed by atoms with Crippen LogP contribution in [0.2, 0.25) is 0 Å². The average molecular weight is 372 g/mol. The lowest BCUT2D eigenvalue weighted by Gasteiger charge is -2.44. The second-order valence-electron chi connectivity index (χ2n) is 6.60. The Labute approximate surface area is 139 Å². The average Bonchev–Trinajstić information content (AvgIpc) is 2.45. The molecule has 0 heterocycles. The molecule has 1 fully saturated rings. The van der Waals surface area contributed by atoms with Crippen LogP contribution in [0.5, 0.6) is 0 Å². The van der Waals surface area contributed by atoms with E-state index in [2.05, 4.69) is 42.0 Å². The summed E-state index contributed by atoms with van der Waals surface area (Å²) in [5, 5.41) is 3.88. The van der Waals surface area contributed by atoms with Gasteiger partial charge in [-0.3, -0.25) is 4.21 Å². The maximum absolute atomic E-state index is 13.0. The fraction of sp³-hybridized carbons (Fsp3) is 0.647. The van der Waals surface area contributed by atoms with Gasteiger partial charge in [0.1, 0.15) is 0 Å². The van der Waals surface area contributed by atoms with Crippen LogP contribution >= 0.6 is 15.9 Å². The Kier molecular flexibility index (Phi) is 6.04. The van der Waals surface area contributed by atoms with Crippen LogP contribution in [0.15, 0.2) is 33.6 Å². The Balaban J connectivity index is 2.21. The molecule has 0 spiro atoms. The van der Waals surface area contributed by atoms with Gasteiger partial charge in [-0.25, -0.2) is 0 Å². The van der Waals surface area contributed by atoms with E-state index in [1.54, 1.807) is 0 Å². The molecule has 1 aromatic rings. The van der Waals surface area contributed by atoms with Gasteiger partial charge in [0, 0.05) is 15.4 Å². The molecule has 0 aliphatic heterocycles. The topological polar surface area (TPSA) is 29.1 Å². The summed E-state index contributed by atoms with van der Waals surface area (Å²) in [7, 11) is -0.942. The summed E-state index contributed by atoms with van der Waals surface area (Å²) < 4.78 is 14.1. The second-order valence-corrected chi connectivity index (χ2v) is 9.19. The van der Waals surface area contributed by atoms with E-state index in [0.717, 1.165) is 28.8 Å². The maximum atomic E-state index is 13.0. The minimum Gasteiger partial charge on any atom is -0.312 e. The van der Waals surface area contributed by atoms with E-state index in [9.17, 15) is 4.21 Å². The minimum absolute atomic E-state index is 0.210. The number of rotatable bonds is 5. The lowest BCUT2D eigenvalue weighted by atomic mass is 9.73. The third kappa shape index (κ3) is 4.17. The Hall–Kier alpha value is -0.190. The summed E-state index contributed by atoms with van der Waals surface area (Å²) in [6.45, 7) is 7.81. The molecule has 118 valence electrons. The lowest BCUT2D eigenvalue weighted by Crippen LogP contribution is -2.54. The number of nitrogens with one attached hydrogen (secondary N) is 1. The summed E-state index contributed by atoms with van der Waals surface area (Å²) in [6, 6.07) is 8.26. The molecule has 2 rings (SSSR count). The Bertz CT molecular complexity index is 486. The monoisotopic (exact) mass is 371 g/mol. The molecule has 3 unspecified atom stereocenters. The van der Waals surface area contributed by atoms with Crippen molar-refractivity contribution in [1.82, 2.24) is 5.32 Å². The van der Waals surface area contributed by atoms with E-state index in [1.165, 1.54) is 12.8 Å². The summed E-state index contributed by atoms with van der Waals surface area (Å²) in [5.74, 6) is 0. The van der Waals surface area contributed by atoms with E-state index < -0.39 is 10.8 Å². The van der Waals surface area contributed by atoms with Crippen LogP contribution in [0.1, 0.15) is 46.5 Å². The first-order chi connectivity index (χ1) is 9.95. The van der Waals surface area contributed by atoms with Crippen molar-refractivity contribution in [3.8, 4) is 0 Å². The van der Waals surface area contributed by atoms with Gasteiger partial charge in [0.05, 0.1) is 16.0 Å². The van der Waals surface area contributed by atoms with Crippen LogP contribution in [-0.4, -0.2) is 22.0 Å². The van der Waals surface area contributed by atoms with Gasteiger partial charge in [-0.1, -0.05) is 43.1 Å². The van der Waals surface area contributed by atoms with Gasteiger partial charge in [0.2, 0.25) is 0 Å². The Morgan fingerprint density at radius 2 is 2.00 bits per heavy atom. The SMILES string of the molecule is CCCNC1C(S(=O)c2ccc(Br)cc2)CCCC1(C)C. The van der Waals surface area contributed by atoms with Crippen molar-refractivity contribution < 1.29 is 4.21 Å². The van der Waals surface area contributed by atoms with Crippen LogP contribution in [0.3, 0.4) is 0 Å². The van der Waals surface area contributed by atoms with Gasteiger partial charge < -0.3 is 5.32 Å². The van der Waals surface area contributed by atoms with Crippen LogP contribution in [-0.2, 0) is 10.8 Å². The second kappa shape index (κ2) is 7.38. The van der Waals surface area contributed by atoms with Gasteiger partial charge in [0.25, 0.3) is 0 Å². The first-order valence-corrected chi connectivity index (χ1v) is 9.86. The van der Waals surface area contributed by atoms with Gasteiger partial charge in [-0.2, -0.15) is 0 Å². The molecule has 1 aromatic carbocycles. The first-order valence-electron chi connectivity index (χ1n) is 7.85. The summed E-state index contributed by atoms with van der Waals surface area (Å²) in [6.07, 6.45) is 4.55. The zero-order valence-electron chi connectivity index (χ0n) is 13.2. The smallest absolute Gasteiger partial charge is 0.0576 e. The van der Waals surface area contributed by atoms with Crippen molar-refractivity contribution >= 4 is 26.7 Å². The standard InChI is InChI=1S/C17H26BrNOS/c1-4-12-19-16-15(6-5-11-17(16,2)3)21(20)14-9-7-13(18)8-10-14/h7-10,15-16,19H,4-6,11-12H2,1-3H3. The van der Waals surface area contributed by atoms with Gasteiger partial charge in [-0.05, 0) is 55.5 Å². The van der Waals surface area contributed by atoms with Crippen LogP contribution in [0.25, 0.3) is 0 Å². The van der Waals surface area contributed by atoms with Crippen LogP contribution in [0, 0.1) is 5.41 Å². The molecule has 1 N–H and O–H groups in total. The third-order valence-corrected chi connectivity index (χ3v) is 6.78. The maximum Gasteiger partial charge on any atom is 0.0576 e. The summed E-state index contributed by atoms with van der Waals surface area (Å²) in [4.78, 5) is 0.948. The highest BCUT2D eigenvalue weighted by Crippen LogP contribution is 2.39. The summed E-state index contributed by atoms with van der Waals surface area (Å²) >= 11 is 3.44. The highest BCUT2D eigenvalue weighted by atomic mass is 79.9. The fourth-order valence-corrected chi connectivity index (χ4v) is 5.38. The Morgan fingerprint density at radius 1 is 1.33 bits per heavy atom. The van der Waals surface area contributed by atoms with Crippen molar-refractivity contribution in [3.63, 3.8) is 0 Å². The zero-order valence-corrected chi connectivity index (χ0v) is 15.6. The normalized spacial score (nSPS) is 26.5. The number of halogens is 1. The van der Waals surface area contributed by atoms with Gasteiger partial charge in [-0.15, -0.1) is 0 Å². The molecule has 0 bridgehead atoms. The molecular formula is C17H26BrNOS. The van der Waals surface area contributed by atoms with E-state index >= 15 is 0 Å². The van der Waals surface area contributed by atoms with Gasteiger partial charge >= 0.3 is 0 Å². The molecule has 1 aliphatic carbocycles. The molecule has 3 atom stereocenters. The molecule has 1 aliphatic rings. The quantitative estimate of drug-likeness (QED) is 0.824. The molecule has 1 saturated carbocycles. The number of hydrogen-bond acceptors (Lipinski definition) is 2. The summed E-state index contributed by atoms with van der Waals surface area (Å²) in [5.41, 5.74) is 0.211. The zero-order chi connectivity index (χ0) is 15.5. The fourth-order valence-electron chi connectivity index (χ4n) is 3.27. The van der Waals surface area contributed by atoms with E-state index in [1.807, 2.05) is 24.3 Å². The molecule has 0 saturated heterocycles. The van der Waals surface area contributed by atoms with Gasteiger partial charge in [0.15, 0.2) is 0 Å². The highest BCUT2D eigenvalue weighted by Gasteiger charge is 2.41. The predicted molar refractivity (Wildman–Crippen MR) is 94.1 cm³/mol. The molecule has 21 heavy (non-hydrogen) atoms. The third-order valence-electron chi connectivity index (χ3n) is 4.46. The van der Waals surface area contributed by atoms with Crippen molar-refractivity contribution in [2.45, 2.75) is 62.6 Å². The first kappa shape index (κ1) is 17.2. The van der Waals surface area contributed by atoms with E-state index in [4.69, 9.17) is 0 Å². The van der Waals surface area contributed by atoms with Crippen molar-refractivity contribution in [2.24, 2.45) is 5.41 Å². The predicted octanol–water partition coefficient (Wildman–Crippen LogP) is 4.50. The molecule has 4 heteroatoms. The highest BCUT2D eigenvalue weighted by molar-refractivity contribution is 9.10. The number of benzene rings is 1. The van der Waals surface area contributed by atoms with Crippen molar-refractivity contribution in [3.05, 3.63) is 28.7 Å². The minimum atomic E-state index is -0.942. The van der Waals surface area contributed by atoms with Crippen LogP contribution < -0.4 is 5.32 Å². The number of hydrogen-bond donors (Lipinski definition) is 1.